The first-order chi connectivity index (χ1) is 9.47. The molecule has 0 spiro atoms. The van der Waals surface area contributed by atoms with Crippen molar-refractivity contribution in [2.24, 2.45) is 5.92 Å². The molecule has 3 rings (SSSR count). The molecule has 1 aliphatic heterocycles. The molecule has 0 amide bonds. The van der Waals surface area contributed by atoms with Gasteiger partial charge in [-0.1, -0.05) is 0 Å². The summed E-state index contributed by atoms with van der Waals surface area (Å²) < 4.78 is 43.2. The molecule has 108 valence electrons. The van der Waals surface area contributed by atoms with Crippen molar-refractivity contribution >= 4 is 22.4 Å². The van der Waals surface area contributed by atoms with Crippen molar-refractivity contribution in [2.75, 3.05) is 23.7 Å². The predicted molar refractivity (Wildman–Crippen MR) is 67.2 cm³/mol. The van der Waals surface area contributed by atoms with Crippen molar-refractivity contribution in [1.29, 1.82) is 0 Å². The van der Waals surface area contributed by atoms with Gasteiger partial charge in [-0.05, 0) is 35.3 Å². The molecule has 1 aromatic carbocycles. The number of nitrogens with two attached hydrogens (primary N) is 1. The number of hydrogen-bond acceptors (Lipinski definition) is 5. The van der Waals surface area contributed by atoms with E-state index in [1.54, 1.807) is 17.0 Å². The molecule has 0 aliphatic carbocycles. The maximum atomic E-state index is 12.9. The molecule has 2 heterocycles. The number of piperidine rings is 1. The third kappa shape index (κ3) is 2.14. The van der Waals surface area contributed by atoms with E-state index in [0.717, 1.165) is 0 Å². The zero-order valence-corrected chi connectivity index (χ0v) is 10.5. The third-order valence-electron chi connectivity index (χ3n) is 3.65. The van der Waals surface area contributed by atoms with Gasteiger partial charge in [-0.2, -0.15) is 13.2 Å². The Balaban J connectivity index is 1.95. The zero-order chi connectivity index (χ0) is 14.3. The summed E-state index contributed by atoms with van der Waals surface area (Å²) >= 11 is 0. The first kappa shape index (κ1) is 13.0. The largest absolute Gasteiger partial charge is 0.397 e. The van der Waals surface area contributed by atoms with Gasteiger partial charge in [-0.3, -0.25) is 0 Å². The fourth-order valence-electron chi connectivity index (χ4n) is 2.59. The highest BCUT2D eigenvalue weighted by atomic mass is 19.4. The van der Waals surface area contributed by atoms with Crippen LogP contribution in [0.25, 0.3) is 11.0 Å². The van der Waals surface area contributed by atoms with Crippen molar-refractivity contribution in [1.82, 2.24) is 10.3 Å². The second kappa shape index (κ2) is 4.53. The number of nitrogen functional groups attached to an aromatic ring is 1. The van der Waals surface area contributed by atoms with E-state index < -0.39 is 12.1 Å². The van der Waals surface area contributed by atoms with Crippen LogP contribution in [0.3, 0.4) is 0 Å². The molecule has 20 heavy (non-hydrogen) atoms. The summed E-state index contributed by atoms with van der Waals surface area (Å²) in [6.07, 6.45) is -3.52. The van der Waals surface area contributed by atoms with E-state index in [2.05, 4.69) is 14.9 Å². The predicted octanol–water partition coefficient (Wildman–Crippen LogP) is 2.58. The molecule has 0 bridgehead atoms. The zero-order valence-electron chi connectivity index (χ0n) is 10.5. The Morgan fingerprint density at radius 2 is 2.00 bits per heavy atom. The van der Waals surface area contributed by atoms with Crippen LogP contribution < -0.4 is 10.6 Å². The van der Waals surface area contributed by atoms with Crippen LogP contribution in [0.15, 0.2) is 16.8 Å². The Labute approximate surface area is 112 Å². The number of rotatable bonds is 1. The molecule has 0 saturated carbocycles. The summed E-state index contributed by atoms with van der Waals surface area (Å²) in [5, 5.41) is 7.43. The molecule has 2 N–H and O–H groups in total. The average Bonchev–Trinajstić information content (AvgIpc) is 2.88. The van der Waals surface area contributed by atoms with Crippen LogP contribution >= 0.6 is 0 Å². The van der Waals surface area contributed by atoms with Crippen LogP contribution in [0.4, 0.5) is 24.5 Å². The van der Waals surface area contributed by atoms with Crippen molar-refractivity contribution in [3.05, 3.63) is 12.1 Å². The summed E-state index contributed by atoms with van der Waals surface area (Å²) in [7, 11) is 0. The SMILES string of the molecule is Nc1ccc(N2CCCC(C(F)(F)F)C2)c2nonc12. The molecule has 1 aliphatic rings. The number of benzene rings is 1. The highest BCUT2D eigenvalue weighted by Crippen LogP contribution is 2.37. The lowest BCUT2D eigenvalue weighted by atomic mass is 9.97. The molecule has 1 atom stereocenters. The van der Waals surface area contributed by atoms with Gasteiger partial charge in [0.2, 0.25) is 0 Å². The molecule has 2 aromatic rings. The molecule has 1 fully saturated rings. The van der Waals surface area contributed by atoms with Gasteiger partial charge in [0.15, 0.2) is 11.0 Å². The summed E-state index contributed by atoms with van der Waals surface area (Å²) in [5.41, 5.74) is 7.52. The van der Waals surface area contributed by atoms with Crippen molar-refractivity contribution in [3.63, 3.8) is 0 Å². The summed E-state index contributed by atoms with van der Waals surface area (Å²) in [5.74, 6) is -1.32. The van der Waals surface area contributed by atoms with Gasteiger partial charge in [-0.15, -0.1) is 0 Å². The summed E-state index contributed by atoms with van der Waals surface area (Å²) in [4.78, 5) is 1.67. The molecule has 8 heteroatoms. The normalized spacial score (nSPS) is 20.6. The van der Waals surface area contributed by atoms with Crippen molar-refractivity contribution in [2.45, 2.75) is 19.0 Å². The highest BCUT2D eigenvalue weighted by molar-refractivity contribution is 5.95. The van der Waals surface area contributed by atoms with Crippen LogP contribution in [-0.4, -0.2) is 29.6 Å². The number of alkyl halides is 3. The Hall–Kier alpha value is -1.99. The maximum absolute atomic E-state index is 12.9. The van der Waals surface area contributed by atoms with Crippen LogP contribution in [0.5, 0.6) is 0 Å². The fraction of sp³-hybridized carbons (Fsp3) is 0.500. The molecule has 1 saturated heterocycles. The number of anilines is 2. The van der Waals surface area contributed by atoms with E-state index in [0.29, 0.717) is 35.4 Å². The van der Waals surface area contributed by atoms with Gasteiger partial charge in [-0.25, -0.2) is 4.63 Å². The minimum Gasteiger partial charge on any atom is -0.397 e. The van der Waals surface area contributed by atoms with Crippen molar-refractivity contribution in [3.8, 4) is 0 Å². The van der Waals surface area contributed by atoms with Crippen molar-refractivity contribution < 1.29 is 17.8 Å². The van der Waals surface area contributed by atoms with Gasteiger partial charge in [0.05, 0.1) is 17.3 Å². The molecule has 1 unspecified atom stereocenters. The number of aromatic nitrogens is 2. The van der Waals surface area contributed by atoms with E-state index in [-0.39, 0.29) is 13.0 Å². The van der Waals surface area contributed by atoms with Gasteiger partial charge in [0.1, 0.15) is 0 Å². The van der Waals surface area contributed by atoms with Gasteiger partial charge < -0.3 is 10.6 Å². The molecule has 1 aromatic heterocycles. The highest BCUT2D eigenvalue weighted by Gasteiger charge is 2.42. The van der Waals surface area contributed by atoms with E-state index >= 15 is 0 Å². The number of fused-ring (bicyclic) bond motifs is 1. The fourth-order valence-corrected chi connectivity index (χ4v) is 2.59. The third-order valence-corrected chi connectivity index (χ3v) is 3.65. The lowest BCUT2D eigenvalue weighted by molar-refractivity contribution is -0.175. The molecule has 5 nitrogen and oxygen atoms in total. The Morgan fingerprint density at radius 3 is 2.75 bits per heavy atom. The first-order valence-corrected chi connectivity index (χ1v) is 6.29. The lowest BCUT2D eigenvalue weighted by Gasteiger charge is -2.35. The second-order valence-electron chi connectivity index (χ2n) is 4.96. The van der Waals surface area contributed by atoms with Crippen LogP contribution in [0.2, 0.25) is 0 Å². The monoisotopic (exact) mass is 286 g/mol. The Morgan fingerprint density at radius 1 is 1.25 bits per heavy atom. The van der Waals surface area contributed by atoms with Gasteiger partial charge in [0, 0.05) is 13.1 Å². The average molecular weight is 286 g/mol. The smallest absolute Gasteiger partial charge is 0.393 e. The topological polar surface area (TPSA) is 68.2 Å². The Bertz CT molecular complexity index is 625. The standard InChI is InChI=1S/C12H13F3N4O/c13-12(14,15)7-2-1-5-19(6-7)9-4-3-8(16)10-11(9)18-20-17-10/h3-4,7H,1-2,5-6,16H2. The van der Waals surface area contributed by atoms with E-state index in [1.165, 1.54) is 0 Å². The molecular formula is C12H13F3N4O. The quantitative estimate of drug-likeness (QED) is 0.816. The van der Waals surface area contributed by atoms with Crippen LogP contribution in [0.1, 0.15) is 12.8 Å². The van der Waals surface area contributed by atoms with E-state index in [9.17, 15) is 13.2 Å². The van der Waals surface area contributed by atoms with Crippen LogP contribution in [0, 0.1) is 5.92 Å². The maximum Gasteiger partial charge on any atom is 0.393 e. The molecular weight excluding hydrogens is 273 g/mol. The minimum absolute atomic E-state index is 0.0740. The minimum atomic E-state index is -4.17. The van der Waals surface area contributed by atoms with Gasteiger partial charge >= 0.3 is 6.18 Å². The first-order valence-electron chi connectivity index (χ1n) is 6.29. The number of nitrogens with zero attached hydrogens (tertiary/aromatic N) is 3. The van der Waals surface area contributed by atoms with Gasteiger partial charge in [0.25, 0.3) is 0 Å². The second-order valence-corrected chi connectivity index (χ2v) is 4.96. The van der Waals surface area contributed by atoms with E-state index in [4.69, 9.17) is 5.73 Å². The summed E-state index contributed by atoms with van der Waals surface area (Å²) in [6, 6.07) is 3.28. The van der Waals surface area contributed by atoms with Crippen LogP contribution in [-0.2, 0) is 0 Å². The summed E-state index contributed by atoms with van der Waals surface area (Å²) in [6.45, 7) is 0.480. The molecule has 0 radical (unpaired) electrons. The number of halogens is 3. The lowest BCUT2D eigenvalue weighted by Crippen LogP contribution is -2.41. The van der Waals surface area contributed by atoms with E-state index in [1.807, 2.05) is 0 Å². The Kier molecular flexibility index (Phi) is 2.95. The number of hydrogen-bond donors (Lipinski definition) is 1.